The van der Waals surface area contributed by atoms with Crippen LogP contribution in [0.15, 0.2) is 36.7 Å². The van der Waals surface area contributed by atoms with E-state index in [4.69, 9.17) is 16.3 Å². The fraction of sp³-hybridized carbons (Fsp3) is 0.519. The molecule has 3 aromatic rings. The van der Waals surface area contributed by atoms with Crippen LogP contribution in [-0.2, 0) is 16.6 Å². The van der Waals surface area contributed by atoms with Crippen molar-refractivity contribution in [2.75, 3.05) is 31.6 Å². The Hall–Kier alpha value is -2.55. The summed E-state index contributed by atoms with van der Waals surface area (Å²) in [6.45, 7) is 4.23. The number of piperidine rings is 1. The summed E-state index contributed by atoms with van der Waals surface area (Å²) in [6, 6.07) is 7.98. The van der Waals surface area contributed by atoms with Gasteiger partial charge in [0.05, 0.1) is 24.4 Å². The largest absolute Gasteiger partial charge is 0.376 e. The van der Waals surface area contributed by atoms with E-state index in [0.717, 1.165) is 59.4 Å². The van der Waals surface area contributed by atoms with Gasteiger partial charge >= 0.3 is 0 Å². The molecule has 0 spiro atoms. The molecule has 4 atom stereocenters. The van der Waals surface area contributed by atoms with E-state index in [9.17, 15) is 9.18 Å². The van der Waals surface area contributed by atoms with E-state index in [2.05, 4.69) is 26.4 Å². The fourth-order valence-electron chi connectivity index (χ4n) is 5.86. The Morgan fingerprint density at radius 1 is 1.25 bits per heavy atom. The Morgan fingerprint density at radius 2 is 2.06 bits per heavy atom. The van der Waals surface area contributed by atoms with Crippen molar-refractivity contribution in [3.63, 3.8) is 0 Å². The number of ether oxygens (including phenoxy) is 1. The minimum absolute atomic E-state index is 0.0189. The zero-order valence-corrected chi connectivity index (χ0v) is 21.3. The van der Waals surface area contributed by atoms with Crippen LogP contribution < -0.4 is 5.32 Å². The molecule has 7 nitrogen and oxygen atoms in total. The molecule has 2 saturated heterocycles. The highest BCUT2D eigenvalue weighted by Gasteiger charge is 2.47. The normalized spacial score (nSPS) is 29.1. The summed E-state index contributed by atoms with van der Waals surface area (Å²) >= 11 is 6.70. The van der Waals surface area contributed by atoms with Gasteiger partial charge in [-0.3, -0.25) is 14.4 Å². The summed E-state index contributed by atoms with van der Waals surface area (Å²) in [6.07, 6.45) is 5.35. The van der Waals surface area contributed by atoms with Crippen LogP contribution in [0.3, 0.4) is 0 Å². The van der Waals surface area contributed by atoms with Crippen LogP contribution in [0, 0.1) is 5.92 Å². The zero-order chi connectivity index (χ0) is 25.0. The molecule has 1 aromatic carbocycles. The quantitative estimate of drug-likeness (QED) is 0.539. The first-order valence-corrected chi connectivity index (χ1v) is 13.1. The number of alkyl halides is 1. The maximum Gasteiger partial charge on any atom is 0.229 e. The van der Waals surface area contributed by atoms with Gasteiger partial charge in [-0.2, -0.15) is 5.10 Å². The molecule has 36 heavy (non-hydrogen) atoms. The van der Waals surface area contributed by atoms with Gasteiger partial charge in [0.15, 0.2) is 0 Å². The van der Waals surface area contributed by atoms with E-state index < -0.39 is 11.7 Å². The van der Waals surface area contributed by atoms with Gasteiger partial charge in [-0.25, -0.2) is 9.37 Å². The van der Waals surface area contributed by atoms with E-state index in [1.807, 2.05) is 38.4 Å². The van der Waals surface area contributed by atoms with Crippen molar-refractivity contribution < 1.29 is 13.9 Å². The summed E-state index contributed by atoms with van der Waals surface area (Å²) < 4.78 is 21.7. The molecule has 3 fully saturated rings. The number of carbonyl (C=O) groups excluding carboxylic acids is 1. The lowest BCUT2D eigenvalue weighted by molar-refractivity contribution is -0.117. The summed E-state index contributed by atoms with van der Waals surface area (Å²) in [7, 11) is 1.88. The average molecular weight is 512 g/mol. The number of anilines is 1. The van der Waals surface area contributed by atoms with Gasteiger partial charge in [0.2, 0.25) is 5.91 Å². The van der Waals surface area contributed by atoms with Crippen LogP contribution in [0.2, 0.25) is 5.02 Å². The molecular formula is C27H31ClFN5O2. The van der Waals surface area contributed by atoms with Gasteiger partial charge in [-0.15, -0.1) is 0 Å². The molecule has 4 heterocycles. The number of hydrogen-bond acceptors (Lipinski definition) is 5. The van der Waals surface area contributed by atoms with Crippen LogP contribution in [0.1, 0.15) is 49.3 Å². The molecule has 1 saturated carbocycles. The number of aromatic nitrogens is 3. The minimum atomic E-state index is -0.950. The number of pyridine rings is 1. The molecule has 1 amide bonds. The van der Waals surface area contributed by atoms with Gasteiger partial charge in [0.25, 0.3) is 0 Å². The maximum absolute atomic E-state index is 14.5. The van der Waals surface area contributed by atoms with Gasteiger partial charge < -0.3 is 10.1 Å². The van der Waals surface area contributed by atoms with Crippen LogP contribution in [0.4, 0.5) is 10.2 Å². The average Bonchev–Trinajstić information content (AvgIpc) is 3.44. The van der Waals surface area contributed by atoms with Gasteiger partial charge in [-0.05, 0) is 80.4 Å². The molecule has 2 aromatic heterocycles. The maximum atomic E-state index is 14.5. The van der Waals surface area contributed by atoms with Gasteiger partial charge in [-0.1, -0.05) is 11.6 Å². The lowest BCUT2D eigenvalue weighted by Gasteiger charge is -2.43. The van der Waals surface area contributed by atoms with Crippen molar-refractivity contribution in [1.29, 1.82) is 0 Å². The van der Waals surface area contributed by atoms with E-state index in [-0.39, 0.29) is 24.3 Å². The number of hydrogen-bond donors (Lipinski definition) is 1. The Balaban J connectivity index is 1.15. The third-order valence-electron chi connectivity index (χ3n) is 8.32. The Kier molecular flexibility index (Phi) is 6.01. The smallest absolute Gasteiger partial charge is 0.229 e. The summed E-state index contributed by atoms with van der Waals surface area (Å²) in [4.78, 5) is 19.5. The molecule has 9 heteroatoms. The second-order valence-electron chi connectivity index (χ2n) is 10.7. The van der Waals surface area contributed by atoms with Crippen molar-refractivity contribution >= 4 is 34.1 Å². The highest BCUT2D eigenvalue weighted by molar-refractivity contribution is 6.32. The van der Waals surface area contributed by atoms with Crippen LogP contribution in [0.5, 0.6) is 0 Å². The van der Waals surface area contributed by atoms with Crippen LogP contribution in [0.25, 0.3) is 10.8 Å². The number of nitrogens with one attached hydrogen (secondary N) is 1. The van der Waals surface area contributed by atoms with E-state index in [1.54, 1.807) is 10.9 Å². The fourth-order valence-corrected chi connectivity index (χ4v) is 6.18. The highest BCUT2D eigenvalue weighted by atomic mass is 35.5. The molecule has 2 aliphatic heterocycles. The molecule has 3 aliphatic rings. The topological polar surface area (TPSA) is 72.3 Å². The molecule has 0 bridgehead atoms. The number of carbonyl (C=O) groups is 1. The molecule has 4 unspecified atom stereocenters. The third kappa shape index (κ3) is 4.29. The number of likely N-dealkylation sites (tertiary alicyclic amines) is 1. The molecular weight excluding hydrogens is 481 g/mol. The summed E-state index contributed by atoms with van der Waals surface area (Å²) in [5, 5.41) is 10.1. The monoisotopic (exact) mass is 511 g/mol. The van der Waals surface area contributed by atoms with Crippen molar-refractivity contribution in [3.8, 4) is 0 Å². The van der Waals surface area contributed by atoms with Crippen LogP contribution in [-0.4, -0.2) is 63.6 Å². The number of halogens is 2. The minimum Gasteiger partial charge on any atom is -0.376 e. The number of nitrogens with zero attached hydrogens (tertiary/aromatic N) is 4. The van der Waals surface area contributed by atoms with Crippen LogP contribution >= 0.6 is 11.6 Å². The molecule has 1 aliphatic carbocycles. The SMILES string of the molecule is Cn1ccc(C2CC2C(=O)Nc2cc3cc(C4CCN(C5(C)COCC5F)CC4)c(Cl)cc3cn2)n1. The summed E-state index contributed by atoms with van der Waals surface area (Å²) in [5.41, 5.74) is 1.54. The summed E-state index contributed by atoms with van der Waals surface area (Å²) in [5.74, 6) is 0.937. The number of fused-ring (bicyclic) bond motifs is 1. The first kappa shape index (κ1) is 23.8. The highest BCUT2D eigenvalue weighted by Crippen LogP contribution is 2.47. The van der Waals surface area contributed by atoms with Crippen molar-refractivity contribution in [1.82, 2.24) is 19.7 Å². The predicted octanol–water partition coefficient (Wildman–Crippen LogP) is 4.67. The molecule has 190 valence electrons. The number of benzene rings is 1. The standard InChI is InChI=1S/C27H31ClFN5O2/c1-27(15-36-14-24(27)29)34-7-3-16(4-8-34)19-9-17-11-25(30-13-18(17)10-22(19)28)31-26(35)21-12-20(21)23-5-6-33(2)32-23/h5-6,9-11,13,16,20-21,24H,3-4,7-8,12,14-15H2,1-2H3,(H,30,31,35). The van der Waals surface area contributed by atoms with E-state index in [0.29, 0.717) is 18.3 Å². The van der Waals surface area contributed by atoms with Crippen molar-refractivity contribution in [3.05, 3.63) is 52.9 Å². The number of aryl methyl sites for hydroxylation is 1. The van der Waals surface area contributed by atoms with Gasteiger partial charge in [0, 0.05) is 41.7 Å². The van der Waals surface area contributed by atoms with Crippen molar-refractivity contribution in [2.45, 2.75) is 49.7 Å². The Labute approximate surface area is 215 Å². The number of amides is 1. The first-order chi connectivity index (χ1) is 17.3. The first-order valence-electron chi connectivity index (χ1n) is 12.7. The lowest BCUT2D eigenvalue weighted by atomic mass is 9.85. The molecule has 6 rings (SSSR count). The molecule has 1 N–H and O–H groups in total. The third-order valence-corrected chi connectivity index (χ3v) is 8.65. The zero-order valence-electron chi connectivity index (χ0n) is 20.6. The Bertz CT molecular complexity index is 1310. The Morgan fingerprint density at radius 3 is 2.75 bits per heavy atom. The number of rotatable bonds is 5. The van der Waals surface area contributed by atoms with E-state index in [1.165, 1.54) is 0 Å². The van der Waals surface area contributed by atoms with E-state index >= 15 is 0 Å². The second kappa shape index (κ2) is 9.08. The second-order valence-corrected chi connectivity index (χ2v) is 11.2. The lowest BCUT2D eigenvalue weighted by Crippen LogP contribution is -2.55. The molecule has 0 radical (unpaired) electrons. The van der Waals surface area contributed by atoms with Gasteiger partial charge in [0.1, 0.15) is 12.0 Å². The predicted molar refractivity (Wildman–Crippen MR) is 137 cm³/mol. The van der Waals surface area contributed by atoms with Crippen molar-refractivity contribution in [2.24, 2.45) is 13.0 Å².